The lowest BCUT2D eigenvalue weighted by molar-refractivity contribution is -0.750. The first-order chi connectivity index (χ1) is 8.52. The van der Waals surface area contributed by atoms with E-state index >= 15 is 0 Å². The monoisotopic (exact) mass is 248 g/mol. The van der Waals surface area contributed by atoms with Crippen LogP contribution in [0.4, 0.5) is 5.69 Å². The lowest BCUT2D eigenvalue weighted by Crippen LogP contribution is -2.41. The molecular formula is C12H14N3O3+. The summed E-state index contributed by atoms with van der Waals surface area (Å²) in [4.78, 5) is 22.5. The molecule has 0 saturated heterocycles. The van der Waals surface area contributed by atoms with Crippen LogP contribution in [-0.4, -0.2) is 11.2 Å². The second kappa shape index (κ2) is 4.87. The molecule has 2 N–H and O–H groups in total. The van der Waals surface area contributed by atoms with Gasteiger partial charge < -0.3 is 5.32 Å². The fourth-order valence-corrected chi connectivity index (χ4v) is 1.76. The van der Waals surface area contributed by atoms with Crippen molar-refractivity contribution in [2.75, 3.05) is 5.32 Å². The summed E-state index contributed by atoms with van der Waals surface area (Å²) >= 11 is 0. The molecular weight excluding hydrogens is 234 g/mol. The minimum atomic E-state index is -0.519. The average Bonchev–Trinajstić information content (AvgIpc) is 2.61. The summed E-state index contributed by atoms with van der Waals surface area (Å²) in [5, 5.41) is 5.07. The van der Waals surface area contributed by atoms with E-state index in [1.807, 2.05) is 32.0 Å². The second-order valence-corrected chi connectivity index (χ2v) is 4.19. The molecule has 0 aliphatic heterocycles. The number of carbonyl (C=O) groups excluding carboxylic acids is 1. The number of hydrogen-bond acceptors (Lipinski definition) is 3. The first kappa shape index (κ1) is 12.1. The average molecular weight is 248 g/mol. The van der Waals surface area contributed by atoms with Gasteiger partial charge in [-0.15, -0.1) is 0 Å². The Bertz CT molecular complexity index is 607. The number of H-pyrrole nitrogens is 1. The third kappa shape index (κ3) is 3.07. The Labute approximate surface area is 103 Å². The summed E-state index contributed by atoms with van der Waals surface area (Å²) in [5.41, 5.74) is 2.38. The van der Waals surface area contributed by atoms with Crippen molar-refractivity contribution in [3.63, 3.8) is 0 Å². The van der Waals surface area contributed by atoms with Crippen LogP contribution in [0.5, 0.6) is 0 Å². The zero-order chi connectivity index (χ0) is 13.1. The van der Waals surface area contributed by atoms with Gasteiger partial charge in [-0.25, -0.2) is 4.79 Å². The number of carbonyl (C=O) groups is 1. The smallest absolute Gasteiger partial charge is 0.320 e. The molecule has 0 fully saturated rings. The van der Waals surface area contributed by atoms with Gasteiger partial charge in [0.05, 0.1) is 0 Å². The highest BCUT2D eigenvalue weighted by Gasteiger charge is 2.13. The van der Waals surface area contributed by atoms with Crippen molar-refractivity contribution in [2.24, 2.45) is 0 Å². The van der Waals surface area contributed by atoms with Gasteiger partial charge in [0.2, 0.25) is 0 Å². The largest absolute Gasteiger partial charge is 0.426 e. The van der Waals surface area contributed by atoms with Crippen molar-refractivity contribution >= 4 is 11.6 Å². The topological polar surface area (TPSA) is 79.0 Å². The van der Waals surface area contributed by atoms with Crippen LogP contribution in [-0.2, 0) is 11.3 Å². The molecule has 1 heterocycles. The predicted molar refractivity (Wildman–Crippen MR) is 64.1 cm³/mol. The molecule has 1 aromatic carbocycles. The predicted octanol–water partition coefficient (Wildman–Crippen LogP) is 0.511. The van der Waals surface area contributed by atoms with E-state index in [0.29, 0.717) is 0 Å². The van der Waals surface area contributed by atoms with Crippen LogP contribution >= 0.6 is 0 Å². The van der Waals surface area contributed by atoms with E-state index in [1.54, 1.807) is 0 Å². The molecule has 2 aromatic rings. The first-order valence-corrected chi connectivity index (χ1v) is 5.49. The van der Waals surface area contributed by atoms with Crippen molar-refractivity contribution < 1.29 is 14.0 Å². The molecule has 1 aromatic heterocycles. The Hall–Kier alpha value is -2.37. The molecule has 18 heavy (non-hydrogen) atoms. The van der Waals surface area contributed by atoms with Gasteiger partial charge in [-0.2, -0.15) is 0 Å². The molecule has 2 rings (SSSR count). The SMILES string of the molecule is Cc1cc(C)cc(NC(=O)C[n+]2cc(=O)o[nH]2)c1. The minimum absolute atomic E-state index is 0.00126. The normalized spacial score (nSPS) is 10.3. The molecule has 0 radical (unpaired) electrons. The van der Waals surface area contributed by atoms with Crippen LogP contribution in [0, 0.1) is 13.8 Å². The number of aromatic nitrogens is 2. The molecule has 0 spiro atoms. The van der Waals surface area contributed by atoms with Crippen LogP contribution in [0.2, 0.25) is 0 Å². The lowest BCUT2D eigenvalue weighted by atomic mass is 10.1. The fraction of sp³-hybridized carbons (Fsp3) is 0.250. The Balaban J connectivity index is 2.05. The summed E-state index contributed by atoms with van der Waals surface area (Å²) < 4.78 is 5.73. The number of aryl methyl sites for hydroxylation is 2. The highest BCUT2D eigenvalue weighted by molar-refractivity contribution is 5.89. The van der Waals surface area contributed by atoms with Gasteiger partial charge in [0.25, 0.3) is 18.6 Å². The lowest BCUT2D eigenvalue weighted by Gasteiger charge is -2.05. The number of aromatic amines is 1. The molecule has 6 heteroatoms. The van der Waals surface area contributed by atoms with E-state index in [9.17, 15) is 9.59 Å². The number of nitrogens with one attached hydrogen (secondary N) is 2. The van der Waals surface area contributed by atoms with Gasteiger partial charge >= 0.3 is 5.63 Å². The van der Waals surface area contributed by atoms with Crippen molar-refractivity contribution in [1.29, 1.82) is 0 Å². The highest BCUT2D eigenvalue weighted by atomic mass is 16.5. The fourth-order valence-electron chi connectivity index (χ4n) is 1.76. The molecule has 0 unspecified atom stereocenters. The van der Waals surface area contributed by atoms with Gasteiger partial charge in [-0.3, -0.25) is 9.32 Å². The number of anilines is 1. The van der Waals surface area contributed by atoms with E-state index in [-0.39, 0.29) is 12.5 Å². The van der Waals surface area contributed by atoms with Crippen molar-refractivity contribution in [3.8, 4) is 0 Å². The molecule has 94 valence electrons. The Morgan fingerprint density at radius 1 is 1.33 bits per heavy atom. The molecule has 0 aliphatic rings. The Morgan fingerprint density at radius 3 is 2.56 bits per heavy atom. The highest BCUT2D eigenvalue weighted by Crippen LogP contribution is 2.13. The summed E-state index contributed by atoms with van der Waals surface area (Å²) in [6.07, 6.45) is 1.18. The van der Waals surface area contributed by atoms with E-state index in [2.05, 4.69) is 15.1 Å². The van der Waals surface area contributed by atoms with E-state index in [4.69, 9.17) is 0 Å². The van der Waals surface area contributed by atoms with Crippen molar-refractivity contribution in [1.82, 2.24) is 5.27 Å². The molecule has 0 aliphatic carbocycles. The van der Waals surface area contributed by atoms with Gasteiger partial charge in [-0.1, -0.05) is 10.7 Å². The second-order valence-electron chi connectivity index (χ2n) is 4.19. The standard InChI is InChI=1S/C12H13N3O3/c1-8-3-9(2)5-10(4-8)13-11(16)6-15-7-12(17)18-14-15/h3-5,7H,6H2,1-2H3,(H-,13,14,16,17)/p+1. The summed E-state index contributed by atoms with van der Waals surface area (Å²) in [6, 6.07) is 5.79. The van der Waals surface area contributed by atoms with Crippen LogP contribution in [0.1, 0.15) is 11.1 Å². The van der Waals surface area contributed by atoms with Gasteiger partial charge in [-0.05, 0) is 42.4 Å². The third-order valence-electron chi connectivity index (χ3n) is 2.34. The summed E-state index contributed by atoms with van der Waals surface area (Å²) in [7, 11) is 0. The molecule has 0 atom stereocenters. The third-order valence-corrected chi connectivity index (χ3v) is 2.34. The maximum Gasteiger partial charge on any atom is 0.426 e. The first-order valence-electron chi connectivity index (χ1n) is 5.49. The minimum Gasteiger partial charge on any atom is -0.320 e. The summed E-state index contributed by atoms with van der Waals surface area (Å²) in [5.74, 6) is -0.234. The summed E-state index contributed by atoms with van der Waals surface area (Å²) in [6.45, 7) is 3.93. The maximum atomic E-state index is 11.7. The maximum absolute atomic E-state index is 11.7. The quantitative estimate of drug-likeness (QED) is 0.777. The van der Waals surface area contributed by atoms with E-state index in [1.165, 1.54) is 10.9 Å². The van der Waals surface area contributed by atoms with Crippen LogP contribution in [0.15, 0.2) is 33.7 Å². The Kier molecular flexibility index (Phi) is 3.27. The number of rotatable bonds is 3. The van der Waals surface area contributed by atoms with Crippen LogP contribution in [0.25, 0.3) is 0 Å². The zero-order valence-corrected chi connectivity index (χ0v) is 10.2. The molecule has 0 saturated carbocycles. The van der Waals surface area contributed by atoms with Crippen LogP contribution < -0.4 is 15.6 Å². The number of nitrogens with zero attached hydrogens (tertiary/aromatic N) is 1. The zero-order valence-electron chi connectivity index (χ0n) is 10.2. The van der Waals surface area contributed by atoms with E-state index in [0.717, 1.165) is 16.8 Å². The van der Waals surface area contributed by atoms with Crippen molar-refractivity contribution in [2.45, 2.75) is 20.4 Å². The van der Waals surface area contributed by atoms with Crippen LogP contribution in [0.3, 0.4) is 0 Å². The molecule has 1 amide bonds. The van der Waals surface area contributed by atoms with Crippen molar-refractivity contribution in [3.05, 3.63) is 45.9 Å². The Morgan fingerprint density at radius 2 is 2.00 bits per heavy atom. The van der Waals surface area contributed by atoms with E-state index < -0.39 is 5.63 Å². The molecule has 0 bridgehead atoms. The number of hydrogen-bond donors (Lipinski definition) is 2. The number of benzene rings is 1. The number of amides is 1. The van der Waals surface area contributed by atoms with Gasteiger partial charge in [0.15, 0.2) is 0 Å². The van der Waals surface area contributed by atoms with Gasteiger partial charge in [0.1, 0.15) is 0 Å². The molecule has 6 nitrogen and oxygen atoms in total. The van der Waals surface area contributed by atoms with Gasteiger partial charge in [0, 0.05) is 5.69 Å².